The van der Waals surface area contributed by atoms with Crippen LogP contribution < -0.4 is 15.6 Å². The molecule has 3 aromatic rings. The Bertz CT molecular complexity index is 1100. The Kier molecular flexibility index (Phi) is 5.94. The number of methoxy groups -OCH3 is 1. The van der Waals surface area contributed by atoms with Crippen LogP contribution in [-0.2, 0) is 0 Å². The van der Waals surface area contributed by atoms with Crippen LogP contribution >= 0.6 is 11.3 Å². The number of anilines is 1. The summed E-state index contributed by atoms with van der Waals surface area (Å²) in [6, 6.07) is 5.14. The van der Waals surface area contributed by atoms with Crippen molar-refractivity contribution in [3.63, 3.8) is 0 Å². The molecular formula is C22H24N4O3S. The smallest absolute Gasteiger partial charge is 0.268 e. The predicted octanol–water partition coefficient (Wildman–Crippen LogP) is 4.31. The zero-order valence-electron chi connectivity index (χ0n) is 17.1. The lowest BCUT2D eigenvalue weighted by Crippen LogP contribution is -2.29. The SMILES string of the molecule is COc1ccc(-n2ccc(C)c(C(=O)Nc3nc(C4CCCCC4)cs3)c2=O)cn1. The number of carbonyl (C=O) groups excluding carboxylic acids is 1. The van der Waals surface area contributed by atoms with Gasteiger partial charge < -0.3 is 4.74 Å². The number of aryl methyl sites for hydroxylation is 1. The number of hydrogen-bond donors (Lipinski definition) is 1. The van der Waals surface area contributed by atoms with E-state index in [0.717, 1.165) is 18.5 Å². The van der Waals surface area contributed by atoms with Crippen LogP contribution in [0.25, 0.3) is 5.69 Å². The summed E-state index contributed by atoms with van der Waals surface area (Å²) in [6.45, 7) is 1.75. The largest absolute Gasteiger partial charge is 0.481 e. The maximum Gasteiger partial charge on any atom is 0.268 e. The molecular weight excluding hydrogens is 400 g/mol. The van der Waals surface area contributed by atoms with Gasteiger partial charge in [0.2, 0.25) is 5.88 Å². The van der Waals surface area contributed by atoms with E-state index < -0.39 is 11.5 Å². The summed E-state index contributed by atoms with van der Waals surface area (Å²) in [5.41, 5.74) is 1.91. The first-order chi connectivity index (χ1) is 14.6. The van der Waals surface area contributed by atoms with E-state index in [2.05, 4.69) is 15.3 Å². The van der Waals surface area contributed by atoms with Gasteiger partial charge in [-0.15, -0.1) is 11.3 Å². The predicted molar refractivity (Wildman–Crippen MR) is 117 cm³/mol. The van der Waals surface area contributed by atoms with Gasteiger partial charge in [0.05, 0.1) is 24.7 Å². The van der Waals surface area contributed by atoms with Crippen molar-refractivity contribution in [2.45, 2.75) is 44.9 Å². The number of ether oxygens (including phenoxy) is 1. The summed E-state index contributed by atoms with van der Waals surface area (Å²) in [4.78, 5) is 34.7. The molecule has 1 N–H and O–H groups in total. The standard InChI is InChI=1S/C22H24N4O3S/c1-14-10-11-26(16-8-9-18(29-2)23-12-16)21(28)19(14)20(27)25-22-24-17(13-30-22)15-6-4-3-5-7-15/h8-13,15H,3-7H2,1-2H3,(H,24,25,27). The highest BCUT2D eigenvalue weighted by atomic mass is 32.1. The van der Waals surface area contributed by atoms with Crippen LogP contribution in [0, 0.1) is 6.92 Å². The normalized spacial score (nSPS) is 14.5. The molecule has 0 aromatic carbocycles. The van der Waals surface area contributed by atoms with Gasteiger partial charge in [-0.2, -0.15) is 0 Å². The van der Waals surface area contributed by atoms with E-state index in [1.807, 2.05) is 5.38 Å². The summed E-state index contributed by atoms with van der Waals surface area (Å²) in [5.74, 6) is 0.478. The van der Waals surface area contributed by atoms with Crippen LogP contribution in [0.4, 0.5) is 5.13 Å². The molecule has 0 spiro atoms. The maximum atomic E-state index is 13.1. The number of amides is 1. The van der Waals surface area contributed by atoms with Crippen LogP contribution in [0.15, 0.2) is 40.8 Å². The van der Waals surface area contributed by atoms with Gasteiger partial charge in [-0.1, -0.05) is 19.3 Å². The van der Waals surface area contributed by atoms with E-state index in [1.165, 1.54) is 48.5 Å². The molecule has 0 saturated heterocycles. The first-order valence-corrected chi connectivity index (χ1v) is 10.9. The van der Waals surface area contributed by atoms with Crippen molar-refractivity contribution in [3.05, 3.63) is 63.1 Å². The molecule has 8 heteroatoms. The summed E-state index contributed by atoms with van der Waals surface area (Å²) in [6.07, 6.45) is 9.22. The third-order valence-electron chi connectivity index (χ3n) is 5.50. The molecule has 30 heavy (non-hydrogen) atoms. The Morgan fingerprint density at radius 3 is 2.73 bits per heavy atom. The second-order valence-corrected chi connectivity index (χ2v) is 8.33. The number of pyridine rings is 2. The fraction of sp³-hybridized carbons (Fsp3) is 0.364. The molecule has 3 aromatic heterocycles. The minimum absolute atomic E-state index is 0.0998. The van der Waals surface area contributed by atoms with Gasteiger partial charge in [0, 0.05) is 23.6 Å². The first kappa shape index (κ1) is 20.3. The highest BCUT2D eigenvalue weighted by Crippen LogP contribution is 2.34. The Morgan fingerprint density at radius 2 is 2.03 bits per heavy atom. The molecule has 3 heterocycles. The van der Waals surface area contributed by atoms with Crippen molar-refractivity contribution in [2.24, 2.45) is 0 Å². The van der Waals surface area contributed by atoms with Crippen molar-refractivity contribution >= 4 is 22.4 Å². The monoisotopic (exact) mass is 424 g/mol. The van der Waals surface area contributed by atoms with Crippen LogP contribution in [0.3, 0.4) is 0 Å². The van der Waals surface area contributed by atoms with E-state index in [9.17, 15) is 9.59 Å². The van der Waals surface area contributed by atoms with Crippen LogP contribution in [0.2, 0.25) is 0 Å². The van der Waals surface area contributed by atoms with Gasteiger partial charge >= 0.3 is 0 Å². The molecule has 0 bridgehead atoms. The fourth-order valence-corrected chi connectivity index (χ4v) is 4.62. The Hall–Kier alpha value is -3.00. The van der Waals surface area contributed by atoms with Gasteiger partial charge in [0.15, 0.2) is 5.13 Å². The van der Waals surface area contributed by atoms with Crippen LogP contribution in [0.1, 0.15) is 59.6 Å². The number of nitrogens with one attached hydrogen (secondary N) is 1. The third kappa shape index (κ3) is 4.14. The Labute approximate surface area is 178 Å². The van der Waals surface area contributed by atoms with E-state index in [1.54, 1.807) is 31.3 Å². The average molecular weight is 425 g/mol. The molecule has 1 aliphatic rings. The second kappa shape index (κ2) is 8.79. The van der Waals surface area contributed by atoms with Crippen molar-refractivity contribution in [3.8, 4) is 11.6 Å². The summed E-state index contributed by atoms with van der Waals surface area (Å²) in [5, 5.41) is 5.36. The average Bonchev–Trinajstić information content (AvgIpc) is 3.23. The number of aromatic nitrogens is 3. The van der Waals surface area contributed by atoms with Crippen molar-refractivity contribution in [1.29, 1.82) is 0 Å². The quantitative estimate of drug-likeness (QED) is 0.660. The van der Waals surface area contributed by atoms with Gasteiger partial charge in [-0.05, 0) is 37.5 Å². The summed E-state index contributed by atoms with van der Waals surface area (Å²) in [7, 11) is 1.53. The highest BCUT2D eigenvalue weighted by Gasteiger charge is 2.21. The molecule has 4 rings (SSSR count). The highest BCUT2D eigenvalue weighted by molar-refractivity contribution is 7.14. The number of nitrogens with zero attached hydrogens (tertiary/aromatic N) is 3. The minimum atomic E-state index is -0.446. The molecule has 156 valence electrons. The number of carbonyl (C=O) groups is 1. The molecule has 1 amide bonds. The van der Waals surface area contributed by atoms with Crippen molar-refractivity contribution in [2.75, 3.05) is 12.4 Å². The minimum Gasteiger partial charge on any atom is -0.481 e. The van der Waals surface area contributed by atoms with E-state index >= 15 is 0 Å². The lowest BCUT2D eigenvalue weighted by Gasteiger charge is -2.19. The fourth-order valence-electron chi connectivity index (χ4n) is 3.83. The van der Waals surface area contributed by atoms with E-state index in [-0.39, 0.29) is 5.56 Å². The topological polar surface area (TPSA) is 86.1 Å². The summed E-state index contributed by atoms with van der Waals surface area (Å²) >= 11 is 1.41. The van der Waals surface area contributed by atoms with Crippen LogP contribution in [0.5, 0.6) is 5.88 Å². The van der Waals surface area contributed by atoms with Gasteiger partial charge in [-0.3, -0.25) is 19.5 Å². The lowest BCUT2D eigenvalue weighted by molar-refractivity contribution is 0.102. The van der Waals surface area contributed by atoms with E-state index in [0.29, 0.717) is 28.2 Å². The number of rotatable bonds is 5. The molecule has 0 aliphatic heterocycles. The lowest BCUT2D eigenvalue weighted by atomic mass is 9.87. The Balaban J connectivity index is 1.58. The van der Waals surface area contributed by atoms with Gasteiger partial charge in [-0.25, -0.2) is 9.97 Å². The van der Waals surface area contributed by atoms with Gasteiger partial charge in [0.25, 0.3) is 11.5 Å². The number of hydrogen-bond acceptors (Lipinski definition) is 6. The van der Waals surface area contributed by atoms with Gasteiger partial charge in [0.1, 0.15) is 5.56 Å². The van der Waals surface area contributed by atoms with E-state index in [4.69, 9.17) is 4.74 Å². The maximum absolute atomic E-state index is 13.1. The molecule has 1 fully saturated rings. The number of thiazole rings is 1. The molecule has 7 nitrogen and oxygen atoms in total. The second-order valence-electron chi connectivity index (χ2n) is 7.47. The molecule has 1 saturated carbocycles. The molecule has 0 radical (unpaired) electrons. The first-order valence-electron chi connectivity index (χ1n) is 10.1. The molecule has 1 aliphatic carbocycles. The van der Waals surface area contributed by atoms with Crippen LogP contribution in [-0.4, -0.2) is 27.6 Å². The summed E-state index contributed by atoms with van der Waals surface area (Å²) < 4.78 is 6.47. The molecule has 0 atom stereocenters. The third-order valence-corrected chi connectivity index (χ3v) is 6.28. The molecule has 0 unspecified atom stereocenters. The zero-order valence-corrected chi connectivity index (χ0v) is 17.9. The zero-order chi connectivity index (χ0) is 21.1. The Morgan fingerprint density at radius 1 is 1.23 bits per heavy atom. The van der Waals surface area contributed by atoms with Crippen molar-refractivity contribution < 1.29 is 9.53 Å². The van der Waals surface area contributed by atoms with Crippen molar-refractivity contribution in [1.82, 2.24) is 14.5 Å².